The minimum Gasteiger partial charge on any atom is -0.385 e. The molecule has 0 heterocycles. The van der Waals surface area contributed by atoms with Crippen LogP contribution in [0.2, 0.25) is 5.02 Å². The van der Waals surface area contributed by atoms with Crippen molar-refractivity contribution in [3.63, 3.8) is 0 Å². The average molecular weight is 229 g/mol. The zero-order valence-corrected chi connectivity index (χ0v) is 9.82. The molecule has 1 rings (SSSR count). The Balaban J connectivity index is 2.71. The van der Waals surface area contributed by atoms with E-state index >= 15 is 0 Å². The standard InChI is InChI=1S/C11H13ClOS/c1-8(11(2,3)13)14-10-6-4-9(12)5-7-10/h4-7,13H,1H2,2-3H3. The van der Waals surface area contributed by atoms with Crippen LogP contribution in [-0.2, 0) is 0 Å². The van der Waals surface area contributed by atoms with Gasteiger partial charge in [-0.1, -0.05) is 29.9 Å². The van der Waals surface area contributed by atoms with Crippen molar-refractivity contribution >= 4 is 23.4 Å². The maximum absolute atomic E-state index is 9.66. The summed E-state index contributed by atoms with van der Waals surface area (Å²) in [4.78, 5) is 1.75. The fourth-order valence-electron chi connectivity index (χ4n) is 0.770. The Morgan fingerprint density at radius 1 is 1.36 bits per heavy atom. The molecule has 0 bridgehead atoms. The molecule has 3 heteroatoms. The Hall–Kier alpha value is -0.440. The summed E-state index contributed by atoms with van der Waals surface area (Å²) in [7, 11) is 0. The zero-order chi connectivity index (χ0) is 10.8. The van der Waals surface area contributed by atoms with E-state index in [0.717, 1.165) is 9.80 Å². The van der Waals surface area contributed by atoms with Gasteiger partial charge in [-0.05, 0) is 38.1 Å². The van der Waals surface area contributed by atoms with Gasteiger partial charge < -0.3 is 5.11 Å². The van der Waals surface area contributed by atoms with E-state index in [1.54, 1.807) is 13.8 Å². The highest BCUT2D eigenvalue weighted by Gasteiger charge is 2.17. The van der Waals surface area contributed by atoms with E-state index in [1.165, 1.54) is 11.8 Å². The molecule has 0 radical (unpaired) electrons. The van der Waals surface area contributed by atoms with Crippen molar-refractivity contribution in [2.75, 3.05) is 0 Å². The molecule has 1 nitrogen and oxygen atoms in total. The molecule has 0 aliphatic heterocycles. The van der Waals surface area contributed by atoms with Crippen LogP contribution in [0.5, 0.6) is 0 Å². The fourth-order valence-corrected chi connectivity index (χ4v) is 1.70. The van der Waals surface area contributed by atoms with E-state index in [9.17, 15) is 5.11 Å². The van der Waals surface area contributed by atoms with Crippen molar-refractivity contribution in [3.05, 3.63) is 40.8 Å². The van der Waals surface area contributed by atoms with Gasteiger partial charge in [0.2, 0.25) is 0 Å². The molecule has 76 valence electrons. The number of thioether (sulfide) groups is 1. The highest BCUT2D eigenvalue weighted by atomic mass is 35.5. The summed E-state index contributed by atoms with van der Waals surface area (Å²) in [5, 5.41) is 10.4. The van der Waals surface area contributed by atoms with Crippen LogP contribution in [0.1, 0.15) is 13.8 Å². The van der Waals surface area contributed by atoms with Gasteiger partial charge in [0, 0.05) is 14.8 Å². The van der Waals surface area contributed by atoms with Gasteiger partial charge in [0.05, 0.1) is 5.60 Å². The maximum Gasteiger partial charge on any atom is 0.0896 e. The first kappa shape index (κ1) is 11.6. The first-order chi connectivity index (χ1) is 6.39. The quantitative estimate of drug-likeness (QED) is 0.796. The lowest BCUT2D eigenvalue weighted by Crippen LogP contribution is -2.18. The summed E-state index contributed by atoms with van der Waals surface area (Å²) >= 11 is 7.21. The molecule has 0 aliphatic carbocycles. The van der Waals surface area contributed by atoms with E-state index in [4.69, 9.17) is 11.6 Å². The van der Waals surface area contributed by atoms with Gasteiger partial charge in [-0.25, -0.2) is 0 Å². The molecule has 1 aromatic carbocycles. The lowest BCUT2D eigenvalue weighted by Gasteiger charge is -2.19. The molecule has 0 fully saturated rings. The Labute approximate surface area is 93.8 Å². The smallest absolute Gasteiger partial charge is 0.0896 e. The molecule has 0 unspecified atom stereocenters. The summed E-state index contributed by atoms with van der Waals surface area (Å²) in [5.41, 5.74) is -0.857. The molecule has 0 spiro atoms. The summed E-state index contributed by atoms with van der Waals surface area (Å²) in [6.07, 6.45) is 0. The number of halogens is 1. The van der Waals surface area contributed by atoms with Crippen molar-refractivity contribution in [3.8, 4) is 0 Å². The van der Waals surface area contributed by atoms with E-state index in [0.29, 0.717) is 5.02 Å². The second kappa shape index (κ2) is 4.39. The largest absolute Gasteiger partial charge is 0.385 e. The Morgan fingerprint density at radius 3 is 2.29 bits per heavy atom. The molecule has 0 saturated carbocycles. The first-order valence-electron chi connectivity index (χ1n) is 4.25. The number of rotatable bonds is 3. The first-order valence-corrected chi connectivity index (χ1v) is 5.44. The van der Waals surface area contributed by atoms with Crippen LogP contribution in [0.4, 0.5) is 0 Å². The van der Waals surface area contributed by atoms with E-state index in [1.807, 2.05) is 24.3 Å². The van der Waals surface area contributed by atoms with E-state index < -0.39 is 5.60 Å². The molecule has 0 atom stereocenters. The van der Waals surface area contributed by atoms with Crippen LogP contribution in [-0.4, -0.2) is 10.7 Å². The van der Waals surface area contributed by atoms with E-state index in [2.05, 4.69) is 6.58 Å². The second-order valence-electron chi connectivity index (χ2n) is 3.54. The van der Waals surface area contributed by atoms with Crippen LogP contribution < -0.4 is 0 Å². The third kappa shape index (κ3) is 3.37. The SMILES string of the molecule is C=C(Sc1ccc(Cl)cc1)C(C)(C)O. The number of benzene rings is 1. The van der Waals surface area contributed by atoms with Crippen LogP contribution in [0.25, 0.3) is 0 Å². The molecule has 0 aromatic heterocycles. The van der Waals surface area contributed by atoms with Crippen molar-refractivity contribution < 1.29 is 5.11 Å². The van der Waals surface area contributed by atoms with E-state index in [-0.39, 0.29) is 0 Å². The molecule has 14 heavy (non-hydrogen) atoms. The highest BCUT2D eigenvalue weighted by Crippen LogP contribution is 2.32. The van der Waals surface area contributed by atoms with Crippen LogP contribution in [0.15, 0.2) is 40.6 Å². The highest BCUT2D eigenvalue weighted by molar-refractivity contribution is 8.03. The van der Waals surface area contributed by atoms with Gasteiger partial charge in [-0.3, -0.25) is 0 Å². The van der Waals surface area contributed by atoms with Crippen molar-refractivity contribution in [2.45, 2.75) is 24.3 Å². The summed E-state index contributed by atoms with van der Waals surface area (Å²) in [5.74, 6) is 0. The van der Waals surface area contributed by atoms with Crippen molar-refractivity contribution in [2.24, 2.45) is 0 Å². The third-order valence-electron chi connectivity index (χ3n) is 1.74. The molecule has 1 aromatic rings. The molecular weight excluding hydrogens is 216 g/mol. The third-order valence-corrected chi connectivity index (χ3v) is 3.24. The molecule has 1 N–H and O–H groups in total. The molecule has 0 saturated heterocycles. The lowest BCUT2D eigenvalue weighted by atomic mass is 10.1. The monoisotopic (exact) mass is 228 g/mol. The zero-order valence-electron chi connectivity index (χ0n) is 8.25. The average Bonchev–Trinajstić information content (AvgIpc) is 2.07. The Morgan fingerprint density at radius 2 is 1.86 bits per heavy atom. The molecular formula is C11H13ClOS. The summed E-state index contributed by atoms with van der Waals surface area (Å²) in [6.45, 7) is 7.26. The molecule has 0 amide bonds. The van der Waals surface area contributed by atoms with Gasteiger partial charge >= 0.3 is 0 Å². The fraction of sp³-hybridized carbons (Fsp3) is 0.273. The van der Waals surface area contributed by atoms with Gasteiger partial charge in [-0.15, -0.1) is 0 Å². The number of hydrogen-bond donors (Lipinski definition) is 1. The normalized spacial score (nSPS) is 11.4. The number of hydrogen-bond acceptors (Lipinski definition) is 2. The maximum atomic E-state index is 9.66. The van der Waals surface area contributed by atoms with Crippen LogP contribution >= 0.6 is 23.4 Å². The van der Waals surface area contributed by atoms with Crippen molar-refractivity contribution in [1.29, 1.82) is 0 Å². The van der Waals surface area contributed by atoms with Crippen LogP contribution in [0.3, 0.4) is 0 Å². The summed E-state index contributed by atoms with van der Waals surface area (Å²) in [6, 6.07) is 7.46. The topological polar surface area (TPSA) is 20.2 Å². The predicted molar refractivity (Wildman–Crippen MR) is 62.7 cm³/mol. The van der Waals surface area contributed by atoms with Gasteiger partial charge in [0.1, 0.15) is 0 Å². The second-order valence-corrected chi connectivity index (χ2v) is 5.14. The predicted octanol–water partition coefficient (Wildman–Crippen LogP) is 3.72. The Kier molecular flexibility index (Phi) is 3.65. The van der Waals surface area contributed by atoms with Gasteiger partial charge in [0.25, 0.3) is 0 Å². The minimum absolute atomic E-state index is 0.711. The Bertz CT molecular complexity index is 324. The van der Waals surface area contributed by atoms with Gasteiger partial charge in [0.15, 0.2) is 0 Å². The van der Waals surface area contributed by atoms with Crippen molar-refractivity contribution in [1.82, 2.24) is 0 Å². The van der Waals surface area contributed by atoms with Crippen LogP contribution in [0, 0.1) is 0 Å². The lowest BCUT2D eigenvalue weighted by molar-refractivity contribution is 0.129. The summed E-state index contributed by atoms with van der Waals surface area (Å²) < 4.78 is 0. The minimum atomic E-state index is -0.857. The van der Waals surface area contributed by atoms with Gasteiger partial charge in [-0.2, -0.15) is 0 Å². The molecule has 0 aliphatic rings. The number of aliphatic hydroxyl groups is 1.